The van der Waals surface area contributed by atoms with E-state index in [0.717, 1.165) is 13.1 Å². The zero-order valence-corrected chi connectivity index (χ0v) is 15.3. The minimum Gasteiger partial charge on any atom is -0.465 e. The molecule has 9 heteroatoms. The Morgan fingerprint density at radius 3 is 1.96 bits per heavy atom. The molecule has 2 rings (SSSR count). The van der Waals surface area contributed by atoms with Crippen molar-refractivity contribution in [1.82, 2.24) is 9.62 Å². The third-order valence-electron chi connectivity index (χ3n) is 4.25. The van der Waals surface area contributed by atoms with E-state index in [4.69, 9.17) is 0 Å². The summed E-state index contributed by atoms with van der Waals surface area (Å²) in [5.74, 6) is -1.46. The van der Waals surface area contributed by atoms with Gasteiger partial charge in [0.25, 0.3) is 0 Å². The van der Waals surface area contributed by atoms with Crippen molar-refractivity contribution in [3.8, 4) is 0 Å². The molecule has 1 aromatic rings. The fourth-order valence-electron chi connectivity index (χ4n) is 2.75. The van der Waals surface area contributed by atoms with Crippen molar-refractivity contribution in [3.63, 3.8) is 0 Å². The van der Waals surface area contributed by atoms with E-state index in [-0.39, 0.29) is 22.1 Å². The normalized spacial score (nSPS) is 15.8. The number of ether oxygens (including phenoxy) is 2. The molecule has 0 unspecified atom stereocenters. The smallest absolute Gasteiger partial charge is 0.337 e. The summed E-state index contributed by atoms with van der Waals surface area (Å²) >= 11 is 0. The van der Waals surface area contributed by atoms with E-state index in [1.54, 1.807) is 0 Å². The van der Waals surface area contributed by atoms with Crippen LogP contribution < -0.4 is 5.32 Å². The van der Waals surface area contributed by atoms with Crippen molar-refractivity contribution in [2.45, 2.75) is 23.8 Å². The SMILES string of the molecule is COC(=O)c1cc(C(=O)OC)cc(S(=O)(=O)N(C)C2CCNCC2)c1. The van der Waals surface area contributed by atoms with Gasteiger partial charge in [-0.1, -0.05) is 0 Å². The van der Waals surface area contributed by atoms with Crippen molar-refractivity contribution >= 4 is 22.0 Å². The molecule has 1 saturated heterocycles. The van der Waals surface area contributed by atoms with Gasteiger partial charge in [0, 0.05) is 13.1 Å². The van der Waals surface area contributed by atoms with Crippen molar-refractivity contribution < 1.29 is 27.5 Å². The number of hydrogen-bond acceptors (Lipinski definition) is 7. The number of sulfonamides is 1. The number of carbonyl (C=O) groups is 2. The molecule has 1 aliphatic rings. The number of hydrogen-bond donors (Lipinski definition) is 1. The minimum atomic E-state index is -3.88. The van der Waals surface area contributed by atoms with E-state index in [9.17, 15) is 18.0 Å². The van der Waals surface area contributed by atoms with Crippen LogP contribution in [0.2, 0.25) is 0 Å². The van der Waals surface area contributed by atoms with Gasteiger partial charge >= 0.3 is 11.9 Å². The molecule has 1 heterocycles. The molecule has 0 aromatic heterocycles. The first kappa shape index (κ1) is 19.4. The molecule has 138 valence electrons. The monoisotopic (exact) mass is 370 g/mol. The maximum Gasteiger partial charge on any atom is 0.337 e. The molecule has 0 atom stereocenters. The predicted molar refractivity (Wildman–Crippen MR) is 90.0 cm³/mol. The van der Waals surface area contributed by atoms with Crippen LogP contribution in [-0.4, -0.2) is 65.1 Å². The summed E-state index contributed by atoms with van der Waals surface area (Å²) in [4.78, 5) is 23.5. The topological polar surface area (TPSA) is 102 Å². The van der Waals surface area contributed by atoms with Crippen LogP contribution in [0, 0.1) is 0 Å². The zero-order chi connectivity index (χ0) is 18.6. The molecule has 1 aliphatic heterocycles. The van der Waals surface area contributed by atoms with Gasteiger partial charge in [0.2, 0.25) is 10.0 Å². The Balaban J connectivity index is 2.47. The summed E-state index contributed by atoms with van der Waals surface area (Å²) < 4.78 is 36.5. The standard InChI is InChI=1S/C16H22N2O6S/c1-18(13-4-6-17-7-5-13)25(21,22)14-9-11(15(19)23-2)8-12(10-14)16(20)24-3/h8-10,13,17H,4-7H2,1-3H3. The Hall–Kier alpha value is -1.97. The second-order valence-corrected chi connectivity index (χ2v) is 7.73. The summed E-state index contributed by atoms with van der Waals surface area (Å²) in [6, 6.07) is 3.53. The van der Waals surface area contributed by atoms with Crippen LogP contribution in [0.3, 0.4) is 0 Å². The van der Waals surface area contributed by atoms with Gasteiger partial charge in [-0.25, -0.2) is 18.0 Å². The van der Waals surface area contributed by atoms with E-state index in [0.29, 0.717) is 12.8 Å². The lowest BCUT2D eigenvalue weighted by Gasteiger charge is -2.31. The second kappa shape index (κ2) is 7.94. The van der Waals surface area contributed by atoms with Crippen molar-refractivity contribution in [1.29, 1.82) is 0 Å². The van der Waals surface area contributed by atoms with Gasteiger partial charge in [-0.15, -0.1) is 0 Å². The van der Waals surface area contributed by atoms with Crippen LogP contribution in [0.5, 0.6) is 0 Å². The molecule has 1 N–H and O–H groups in total. The quantitative estimate of drug-likeness (QED) is 0.759. The van der Waals surface area contributed by atoms with Gasteiger partial charge in [-0.3, -0.25) is 0 Å². The van der Waals surface area contributed by atoms with Crippen LogP contribution in [0.15, 0.2) is 23.1 Å². The maximum atomic E-state index is 13.0. The number of esters is 2. The van der Waals surface area contributed by atoms with E-state index in [1.165, 1.54) is 43.8 Å². The van der Waals surface area contributed by atoms with Gasteiger partial charge in [0.05, 0.1) is 30.2 Å². The first-order chi connectivity index (χ1) is 11.8. The Bertz CT molecular complexity index is 722. The molecule has 25 heavy (non-hydrogen) atoms. The number of carbonyl (C=O) groups excluding carboxylic acids is 2. The number of nitrogens with zero attached hydrogens (tertiary/aromatic N) is 1. The molecule has 0 saturated carbocycles. The maximum absolute atomic E-state index is 13.0. The van der Waals surface area contributed by atoms with Crippen LogP contribution in [-0.2, 0) is 19.5 Å². The van der Waals surface area contributed by atoms with Gasteiger partial charge < -0.3 is 14.8 Å². The lowest BCUT2D eigenvalue weighted by atomic mass is 10.1. The van der Waals surface area contributed by atoms with Gasteiger partial charge in [0.1, 0.15) is 0 Å². The van der Waals surface area contributed by atoms with Crippen LogP contribution >= 0.6 is 0 Å². The summed E-state index contributed by atoms with van der Waals surface area (Å²) in [5, 5.41) is 3.18. The highest BCUT2D eigenvalue weighted by Crippen LogP contribution is 2.23. The molecule has 8 nitrogen and oxygen atoms in total. The van der Waals surface area contributed by atoms with E-state index in [1.807, 2.05) is 0 Å². The summed E-state index contributed by atoms with van der Waals surface area (Å²) in [5.41, 5.74) is -0.0506. The average Bonchev–Trinajstić information content (AvgIpc) is 2.66. The summed E-state index contributed by atoms with van der Waals surface area (Å²) in [6.45, 7) is 1.47. The lowest BCUT2D eigenvalue weighted by Crippen LogP contribution is -2.43. The molecule has 0 amide bonds. The van der Waals surface area contributed by atoms with Gasteiger partial charge in [-0.05, 0) is 44.1 Å². The molecule has 1 aromatic carbocycles. The highest BCUT2D eigenvalue weighted by molar-refractivity contribution is 7.89. The first-order valence-electron chi connectivity index (χ1n) is 7.81. The molecule has 0 bridgehead atoms. The summed E-state index contributed by atoms with van der Waals surface area (Å²) in [6.07, 6.45) is 1.38. The number of methoxy groups -OCH3 is 2. The molecule has 1 fully saturated rings. The molecule has 0 aliphatic carbocycles. The fraction of sp³-hybridized carbons (Fsp3) is 0.500. The van der Waals surface area contributed by atoms with Crippen molar-refractivity contribution in [3.05, 3.63) is 29.3 Å². The molecule has 0 spiro atoms. The fourth-order valence-corrected chi connectivity index (χ4v) is 4.24. The summed E-state index contributed by atoms with van der Waals surface area (Å²) in [7, 11) is -0.00318. The molecule has 0 radical (unpaired) electrons. The Morgan fingerprint density at radius 1 is 1.04 bits per heavy atom. The minimum absolute atomic E-state index is 0.0253. The Morgan fingerprint density at radius 2 is 1.52 bits per heavy atom. The van der Waals surface area contributed by atoms with Gasteiger partial charge in [0.15, 0.2) is 0 Å². The Labute approximate surface area is 147 Å². The van der Waals surface area contributed by atoms with Crippen LogP contribution in [0.25, 0.3) is 0 Å². The number of piperidine rings is 1. The van der Waals surface area contributed by atoms with Crippen molar-refractivity contribution in [2.75, 3.05) is 34.4 Å². The van der Waals surface area contributed by atoms with Crippen molar-refractivity contribution in [2.24, 2.45) is 0 Å². The van der Waals surface area contributed by atoms with E-state index < -0.39 is 22.0 Å². The van der Waals surface area contributed by atoms with E-state index >= 15 is 0 Å². The number of nitrogens with one attached hydrogen (secondary N) is 1. The highest BCUT2D eigenvalue weighted by Gasteiger charge is 2.30. The Kier molecular flexibility index (Phi) is 6.15. The molecular weight excluding hydrogens is 348 g/mol. The first-order valence-corrected chi connectivity index (χ1v) is 9.25. The van der Waals surface area contributed by atoms with Gasteiger partial charge in [-0.2, -0.15) is 4.31 Å². The predicted octanol–water partition coefficient (Wildman–Crippen LogP) is 0.632. The number of benzene rings is 1. The van der Waals surface area contributed by atoms with Crippen LogP contribution in [0.4, 0.5) is 0 Å². The largest absolute Gasteiger partial charge is 0.465 e. The third-order valence-corrected chi connectivity index (χ3v) is 6.14. The molecular formula is C16H22N2O6S. The van der Waals surface area contributed by atoms with E-state index in [2.05, 4.69) is 14.8 Å². The second-order valence-electron chi connectivity index (χ2n) is 5.73. The zero-order valence-electron chi connectivity index (χ0n) is 14.4. The van der Waals surface area contributed by atoms with Crippen LogP contribution in [0.1, 0.15) is 33.6 Å². The average molecular weight is 370 g/mol. The highest BCUT2D eigenvalue weighted by atomic mass is 32.2. The number of rotatable bonds is 5. The lowest BCUT2D eigenvalue weighted by molar-refractivity contribution is 0.0598. The third kappa shape index (κ3) is 4.17.